The van der Waals surface area contributed by atoms with Crippen molar-refractivity contribution >= 4 is 16.7 Å². The highest BCUT2D eigenvalue weighted by molar-refractivity contribution is 6.07. The maximum Gasteiger partial charge on any atom is 0.254 e. The van der Waals surface area contributed by atoms with Crippen LogP contribution in [-0.2, 0) is 6.54 Å². The van der Waals surface area contributed by atoms with Gasteiger partial charge in [-0.1, -0.05) is 36.4 Å². The third-order valence-electron chi connectivity index (χ3n) is 5.63. The third kappa shape index (κ3) is 3.80. The van der Waals surface area contributed by atoms with Crippen molar-refractivity contribution < 1.29 is 4.79 Å². The molecular formula is C23H28N4O. The van der Waals surface area contributed by atoms with E-state index in [1.165, 1.54) is 0 Å². The number of benzene rings is 2. The molecule has 3 aromatic rings. The van der Waals surface area contributed by atoms with Crippen molar-refractivity contribution in [3.8, 4) is 0 Å². The summed E-state index contributed by atoms with van der Waals surface area (Å²) in [6, 6.07) is 14.1. The highest BCUT2D eigenvalue weighted by atomic mass is 16.2. The van der Waals surface area contributed by atoms with Crippen LogP contribution >= 0.6 is 0 Å². The van der Waals surface area contributed by atoms with Gasteiger partial charge in [-0.2, -0.15) is 0 Å². The molecule has 4 rings (SSSR count). The number of carbonyl (C=O) groups excluding carboxylic acids is 1. The second-order valence-corrected chi connectivity index (χ2v) is 7.90. The molecule has 1 fully saturated rings. The van der Waals surface area contributed by atoms with E-state index in [0.29, 0.717) is 5.92 Å². The third-order valence-corrected chi connectivity index (χ3v) is 5.63. The molecule has 5 nitrogen and oxygen atoms in total. The smallest absolute Gasteiger partial charge is 0.254 e. The number of likely N-dealkylation sites (N-methyl/N-ethyl adjacent to an activating group) is 1. The molecular weight excluding hydrogens is 348 g/mol. The number of aromatic nitrogens is 2. The van der Waals surface area contributed by atoms with Crippen LogP contribution in [0.15, 0.2) is 54.9 Å². The molecule has 1 aliphatic rings. The van der Waals surface area contributed by atoms with Crippen molar-refractivity contribution in [3.63, 3.8) is 0 Å². The summed E-state index contributed by atoms with van der Waals surface area (Å²) in [5.41, 5.74) is 0.801. The van der Waals surface area contributed by atoms with E-state index in [4.69, 9.17) is 0 Å². The highest BCUT2D eigenvalue weighted by Gasteiger charge is 2.28. The Morgan fingerprint density at radius 2 is 2.00 bits per heavy atom. The molecule has 1 aromatic heterocycles. The Hall–Kier alpha value is -2.66. The molecule has 0 bridgehead atoms. The quantitative estimate of drug-likeness (QED) is 0.683. The number of nitrogens with zero attached hydrogens (tertiary/aromatic N) is 4. The zero-order valence-electron chi connectivity index (χ0n) is 16.7. The van der Waals surface area contributed by atoms with Crippen LogP contribution in [0.25, 0.3) is 10.8 Å². The Labute approximate surface area is 166 Å². The molecule has 0 spiro atoms. The lowest BCUT2D eigenvalue weighted by Gasteiger charge is -2.33. The molecule has 2 aromatic carbocycles. The Morgan fingerprint density at radius 3 is 2.86 bits per heavy atom. The average Bonchev–Trinajstić information content (AvgIpc) is 3.20. The van der Waals surface area contributed by atoms with Crippen molar-refractivity contribution in [2.45, 2.75) is 25.3 Å². The number of hydrogen-bond donors (Lipinski definition) is 0. The minimum Gasteiger partial charge on any atom is -0.338 e. The second-order valence-electron chi connectivity index (χ2n) is 7.90. The molecule has 5 heteroatoms. The minimum atomic E-state index is 0.132. The van der Waals surface area contributed by atoms with Crippen molar-refractivity contribution in [3.05, 3.63) is 66.2 Å². The van der Waals surface area contributed by atoms with Crippen LogP contribution in [0.4, 0.5) is 0 Å². The van der Waals surface area contributed by atoms with Gasteiger partial charge in [0, 0.05) is 50.1 Å². The average molecular weight is 377 g/mol. The summed E-state index contributed by atoms with van der Waals surface area (Å²) < 4.78 is 2.25. The number of imidazole rings is 1. The largest absolute Gasteiger partial charge is 0.338 e. The number of fused-ring (bicyclic) bond motifs is 1. The SMILES string of the molecule is CN(C)CCn1ccnc1[C@@H]1CCCN(C(=O)c2cccc3ccccc23)C1. The lowest BCUT2D eigenvalue weighted by Crippen LogP contribution is -2.40. The normalized spacial score (nSPS) is 17.4. The summed E-state index contributed by atoms with van der Waals surface area (Å²) in [7, 11) is 4.17. The van der Waals surface area contributed by atoms with Crippen LogP contribution in [0, 0.1) is 0 Å². The summed E-state index contributed by atoms with van der Waals surface area (Å²) in [6.07, 6.45) is 6.04. The van der Waals surface area contributed by atoms with Gasteiger partial charge in [0.2, 0.25) is 0 Å². The summed E-state index contributed by atoms with van der Waals surface area (Å²) in [5.74, 6) is 1.54. The first-order valence-electron chi connectivity index (χ1n) is 10.1. The van der Waals surface area contributed by atoms with Gasteiger partial charge in [0.25, 0.3) is 5.91 Å². The summed E-state index contributed by atoms with van der Waals surface area (Å²) in [5, 5.41) is 2.14. The van der Waals surface area contributed by atoms with Crippen LogP contribution in [0.2, 0.25) is 0 Å². The lowest BCUT2D eigenvalue weighted by atomic mass is 9.95. The summed E-state index contributed by atoms with van der Waals surface area (Å²) in [6.45, 7) is 3.46. The van der Waals surface area contributed by atoms with Gasteiger partial charge in [-0.25, -0.2) is 4.98 Å². The maximum absolute atomic E-state index is 13.3. The fourth-order valence-electron chi connectivity index (χ4n) is 4.13. The summed E-state index contributed by atoms with van der Waals surface area (Å²) in [4.78, 5) is 22.2. The first-order valence-corrected chi connectivity index (χ1v) is 10.1. The summed E-state index contributed by atoms with van der Waals surface area (Å²) >= 11 is 0. The van der Waals surface area contributed by atoms with Gasteiger partial charge in [-0.3, -0.25) is 4.79 Å². The second kappa shape index (κ2) is 8.15. The van der Waals surface area contributed by atoms with Crippen LogP contribution in [-0.4, -0.2) is 59.0 Å². The van der Waals surface area contributed by atoms with Gasteiger partial charge >= 0.3 is 0 Å². The monoisotopic (exact) mass is 376 g/mol. The van der Waals surface area contributed by atoms with E-state index >= 15 is 0 Å². The number of rotatable bonds is 5. The van der Waals surface area contributed by atoms with Crippen molar-refractivity contribution in [1.29, 1.82) is 0 Å². The molecule has 0 saturated carbocycles. The molecule has 1 aliphatic heterocycles. The van der Waals surface area contributed by atoms with Gasteiger partial charge < -0.3 is 14.4 Å². The van der Waals surface area contributed by atoms with E-state index in [0.717, 1.165) is 61.2 Å². The Kier molecular flexibility index (Phi) is 5.44. The van der Waals surface area contributed by atoms with Gasteiger partial charge in [0.1, 0.15) is 5.82 Å². The molecule has 146 valence electrons. The predicted molar refractivity (Wildman–Crippen MR) is 113 cm³/mol. The van der Waals surface area contributed by atoms with E-state index in [2.05, 4.69) is 46.9 Å². The van der Waals surface area contributed by atoms with Crippen molar-refractivity contribution in [2.24, 2.45) is 0 Å². The molecule has 1 saturated heterocycles. The Morgan fingerprint density at radius 1 is 1.18 bits per heavy atom. The van der Waals surface area contributed by atoms with E-state index in [1.807, 2.05) is 41.4 Å². The Balaban J connectivity index is 1.54. The molecule has 28 heavy (non-hydrogen) atoms. The minimum absolute atomic E-state index is 0.132. The van der Waals surface area contributed by atoms with Crippen LogP contribution < -0.4 is 0 Å². The zero-order valence-corrected chi connectivity index (χ0v) is 16.7. The van der Waals surface area contributed by atoms with Crippen LogP contribution in [0.1, 0.15) is 34.9 Å². The van der Waals surface area contributed by atoms with E-state index < -0.39 is 0 Å². The first-order chi connectivity index (χ1) is 13.6. The zero-order chi connectivity index (χ0) is 19.5. The predicted octanol–water partition coefficient (Wildman–Crippen LogP) is 3.62. The van der Waals surface area contributed by atoms with E-state index in [-0.39, 0.29) is 5.91 Å². The number of amides is 1. The molecule has 0 unspecified atom stereocenters. The van der Waals surface area contributed by atoms with E-state index in [9.17, 15) is 4.79 Å². The molecule has 1 atom stereocenters. The molecule has 0 N–H and O–H groups in total. The van der Waals surface area contributed by atoms with Crippen LogP contribution in [0.3, 0.4) is 0 Å². The van der Waals surface area contributed by atoms with Gasteiger partial charge in [0.15, 0.2) is 0 Å². The maximum atomic E-state index is 13.3. The fraction of sp³-hybridized carbons (Fsp3) is 0.391. The first kappa shape index (κ1) is 18.7. The number of hydrogen-bond acceptors (Lipinski definition) is 3. The van der Waals surface area contributed by atoms with Crippen LogP contribution in [0.5, 0.6) is 0 Å². The molecule has 0 aliphatic carbocycles. The van der Waals surface area contributed by atoms with Crippen molar-refractivity contribution in [2.75, 3.05) is 33.7 Å². The highest BCUT2D eigenvalue weighted by Crippen LogP contribution is 2.28. The number of carbonyl (C=O) groups is 1. The topological polar surface area (TPSA) is 41.4 Å². The molecule has 0 radical (unpaired) electrons. The van der Waals surface area contributed by atoms with Crippen molar-refractivity contribution in [1.82, 2.24) is 19.4 Å². The van der Waals surface area contributed by atoms with Gasteiger partial charge in [-0.15, -0.1) is 0 Å². The van der Waals surface area contributed by atoms with E-state index in [1.54, 1.807) is 0 Å². The lowest BCUT2D eigenvalue weighted by molar-refractivity contribution is 0.0705. The molecule has 1 amide bonds. The van der Waals surface area contributed by atoms with Gasteiger partial charge in [0.05, 0.1) is 0 Å². The van der Waals surface area contributed by atoms with Gasteiger partial charge in [-0.05, 0) is 43.8 Å². The molecule has 2 heterocycles. The fourth-order valence-corrected chi connectivity index (χ4v) is 4.13. The number of likely N-dealkylation sites (tertiary alicyclic amines) is 1. The number of piperidine rings is 1. The Bertz CT molecular complexity index is 957. The standard InChI is InChI=1S/C23H28N4O/c1-25(2)15-16-26-14-12-24-22(26)19-9-6-13-27(17-19)23(28)21-11-5-8-18-7-3-4-10-20(18)21/h3-5,7-8,10-12,14,19H,6,9,13,15-17H2,1-2H3/t19-/m1/s1.